The van der Waals surface area contributed by atoms with Crippen LogP contribution in [0.3, 0.4) is 0 Å². The standard InChI is InChI=1S/C19H26N2O3S.Na.H/c1-12-8-16(9-13(2)18(12)20)17-10-14(3)19(15(4)11-17)21-6-5-7-25(22,23)24;;/h8-11,21H,5-7,20H2,1-4H3,(H,22,23,24);;/q;+1;-1. The summed E-state index contributed by atoms with van der Waals surface area (Å²) in [7, 11) is -3.90. The number of hydrogen-bond acceptors (Lipinski definition) is 4. The molecule has 7 heteroatoms. The topological polar surface area (TPSA) is 92.4 Å². The Bertz CT molecular complexity index is 856. The summed E-state index contributed by atoms with van der Waals surface area (Å²) in [4.78, 5) is 0. The third-order valence-corrected chi connectivity index (χ3v) is 5.15. The van der Waals surface area contributed by atoms with Crippen LogP contribution in [0.25, 0.3) is 11.1 Å². The number of nitrogens with one attached hydrogen (secondary N) is 1. The van der Waals surface area contributed by atoms with Gasteiger partial charge >= 0.3 is 29.6 Å². The number of rotatable bonds is 6. The third-order valence-electron chi connectivity index (χ3n) is 4.34. The van der Waals surface area contributed by atoms with E-state index in [-0.39, 0.29) is 36.7 Å². The van der Waals surface area contributed by atoms with E-state index >= 15 is 0 Å². The van der Waals surface area contributed by atoms with Gasteiger partial charge in [-0.2, -0.15) is 8.42 Å². The van der Waals surface area contributed by atoms with Crippen molar-refractivity contribution in [2.75, 3.05) is 23.3 Å². The summed E-state index contributed by atoms with van der Waals surface area (Å²) >= 11 is 0. The molecule has 0 unspecified atom stereocenters. The van der Waals surface area contributed by atoms with Gasteiger partial charge in [-0.15, -0.1) is 0 Å². The Hall–Kier alpha value is -1.05. The number of benzene rings is 2. The minimum atomic E-state index is -3.90. The summed E-state index contributed by atoms with van der Waals surface area (Å²) < 4.78 is 30.3. The fraction of sp³-hybridized carbons (Fsp3) is 0.368. The first-order valence-electron chi connectivity index (χ1n) is 8.26. The summed E-state index contributed by atoms with van der Waals surface area (Å²) in [6, 6.07) is 8.41. The minimum Gasteiger partial charge on any atom is -1.00 e. The fourth-order valence-electron chi connectivity index (χ4n) is 3.02. The van der Waals surface area contributed by atoms with Crippen LogP contribution in [0.4, 0.5) is 11.4 Å². The van der Waals surface area contributed by atoms with Crippen molar-refractivity contribution >= 4 is 21.5 Å². The Labute approximate surface area is 179 Å². The van der Waals surface area contributed by atoms with Crippen LogP contribution in [0.1, 0.15) is 30.1 Å². The van der Waals surface area contributed by atoms with Crippen LogP contribution < -0.4 is 40.6 Å². The molecule has 0 radical (unpaired) electrons. The van der Waals surface area contributed by atoms with E-state index in [0.717, 1.165) is 44.8 Å². The quantitative estimate of drug-likeness (QED) is 0.298. The van der Waals surface area contributed by atoms with Crippen LogP contribution in [-0.4, -0.2) is 25.3 Å². The van der Waals surface area contributed by atoms with Gasteiger partial charge in [-0.05, 0) is 91.8 Å². The van der Waals surface area contributed by atoms with Gasteiger partial charge in [0.1, 0.15) is 0 Å². The van der Waals surface area contributed by atoms with Crippen molar-refractivity contribution in [1.29, 1.82) is 0 Å². The molecule has 0 saturated heterocycles. The van der Waals surface area contributed by atoms with Crippen molar-refractivity contribution in [3.05, 3.63) is 46.5 Å². The smallest absolute Gasteiger partial charge is 1.00 e. The van der Waals surface area contributed by atoms with Gasteiger partial charge in [-0.3, -0.25) is 4.55 Å². The van der Waals surface area contributed by atoms with Crippen LogP contribution in [0.2, 0.25) is 0 Å². The molecule has 0 aliphatic carbocycles. The Morgan fingerprint density at radius 1 is 0.962 bits per heavy atom. The van der Waals surface area contributed by atoms with Gasteiger partial charge in [-0.25, -0.2) is 0 Å². The SMILES string of the molecule is Cc1cc(-c2cc(C)c(NCCCS(=O)(=O)O)c(C)c2)cc(C)c1N.[H-].[Na+]. The molecule has 4 N–H and O–H groups in total. The molecule has 0 aliphatic rings. The molecular formula is C19H27N2NaO3S. The molecule has 0 spiro atoms. The maximum atomic E-state index is 10.8. The van der Waals surface area contributed by atoms with Crippen molar-refractivity contribution in [3.63, 3.8) is 0 Å². The van der Waals surface area contributed by atoms with Crippen LogP contribution >= 0.6 is 0 Å². The van der Waals surface area contributed by atoms with Crippen molar-refractivity contribution in [2.24, 2.45) is 0 Å². The molecule has 5 nitrogen and oxygen atoms in total. The van der Waals surface area contributed by atoms with E-state index in [1.54, 1.807) is 0 Å². The maximum absolute atomic E-state index is 10.8. The van der Waals surface area contributed by atoms with Crippen LogP contribution in [0, 0.1) is 27.7 Å². The number of hydrogen-bond donors (Lipinski definition) is 3. The van der Waals surface area contributed by atoms with Crippen LogP contribution in [0.5, 0.6) is 0 Å². The third kappa shape index (κ3) is 5.99. The first kappa shape index (κ1) is 23.0. The molecule has 0 heterocycles. The molecule has 0 fully saturated rings. The summed E-state index contributed by atoms with van der Waals surface area (Å²) in [6.07, 6.45) is 0.357. The first-order chi connectivity index (χ1) is 11.6. The Balaban J connectivity index is 0.00000338. The van der Waals surface area contributed by atoms with E-state index in [1.807, 2.05) is 27.7 Å². The van der Waals surface area contributed by atoms with Gasteiger partial charge in [0.25, 0.3) is 10.1 Å². The first-order valence-corrected chi connectivity index (χ1v) is 9.87. The number of aryl methyl sites for hydroxylation is 4. The van der Waals surface area contributed by atoms with Gasteiger partial charge in [-0.1, -0.05) is 0 Å². The summed E-state index contributed by atoms with van der Waals surface area (Å²) in [5.74, 6) is -0.236. The normalized spacial score (nSPS) is 11.1. The largest absolute Gasteiger partial charge is 1.00 e. The zero-order chi connectivity index (χ0) is 18.8. The van der Waals surface area contributed by atoms with Gasteiger partial charge in [0.2, 0.25) is 0 Å². The average molecular weight is 386 g/mol. The van der Waals surface area contributed by atoms with Gasteiger partial charge < -0.3 is 12.5 Å². The number of nitrogens with two attached hydrogens (primary N) is 1. The van der Waals surface area contributed by atoms with E-state index in [4.69, 9.17) is 10.3 Å². The average Bonchev–Trinajstić information content (AvgIpc) is 2.49. The molecular weight excluding hydrogens is 359 g/mol. The van der Waals surface area contributed by atoms with E-state index in [1.165, 1.54) is 0 Å². The van der Waals surface area contributed by atoms with Gasteiger partial charge in [0.15, 0.2) is 0 Å². The molecule has 0 atom stereocenters. The van der Waals surface area contributed by atoms with Gasteiger partial charge in [0, 0.05) is 17.9 Å². The molecule has 0 aromatic heterocycles. The molecule has 0 aliphatic heterocycles. The molecule has 0 saturated carbocycles. The van der Waals surface area contributed by atoms with Crippen LogP contribution in [-0.2, 0) is 10.1 Å². The van der Waals surface area contributed by atoms with Crippen molar-refractivity contribution in [3.8, 4) is 11.1 Å². The van der Waals surface area contributed by atoms with Gasteiger partial charge in [0.05, 0.1) is 5.75 Å². The van der Waals surface area contributed by atoms with Crippen molar-refractivity contribution in [1.82, 2.24) is 0 Å². The minimum absolute atomic E-state index is 0. The summed E-state index contributed by atoms with van der Waals surface area (Å²) in [5.41, 5.74) is 14.5. The Kier molecular flexibility index (Phi) is 8.17. The second-order valence-corrected chi connectivity index (χ2v) is 8.15. The summed E-state index contributed by atoms with van der Waals surface area (Å²) in [6.45, 7) is 8.56. The van der Waals surface area contributed by atoms with Crippen molar-refractivity contribution < 1.29 is 44.0 Å². The maximum Gasteiger partial charge on any atom is 1.00 e. The molecule has 0 amide bonds. The second kappa shape index (κ2) is 9.24. The number of nitrogen functional groups attached to an aromatic ring is 1. The molecule has 2 aromatic carbocycles. The summed E-state index contributed by atoms with van der Waals surface area (Å²) in [5, 5.41) is 3.27. The van der Waals surface area contributed by atoms with E-state index in [0.29, 0.717) is 13.0 Å². The monoisotopic (exact) mass is 386 g/mol. The zero-order valence-electron chi connectivity index (χ0n) is 17.2. The molecule has 138 valence electrons. The Morgan fingerprint density at radius 3 is 1.81 bits per heavy atom. The predicted octanol–water partition coefficient (Wildman–Crippen LogP) is 0.976. The second-order valence-electron chi connectivity index (χ2n) is 6.58. The fourth-order valence-corrected chi connectivity index (χ4v) is 3.53. The van der Waals surface area contributed by atoms with E-state index in [2.05, 4.69) is 29.6 Å². The van der Waals surface area contributed by atoms with E-state index < -0.39 is 10.1 Å². The van der Waals surface area contributed by atoms with E-state index in [9.17, 15) is 8.42 Å². The van der Waals surface area contributed by atoms with Crippen LogP contribution in [0.15, 0.2) is 24.3 Å². The molecule has 26 heavy (non-hydrogen) atoms. The number of anilines is 2. The molecule has 2 rings (SSSR count). The van der Waals surface area contributed by atoms with Crippen molar-refractivity contribution in [2.45, 2.75) is 34.1 Å². The molecule has 0 bridgehead atoms. The predicted molar refractivity (Wildman–Crippen MR) is 106 cm³/mol. The molecule has 2 aromatic rings. The Morgan fingerprint density at radius 2 is 1.38 bits per heavy atom. The zero-order valence-corrected chi connectivity index (χ0v) is 19.0.